The lowest BCUT2D eigenvalue weighted by atomic mass is 9.93. The zero-order valence-corrected chi connectivity index (χ0v) is 7.54. The first kappa shape index (κ1) is 9.28. The summed E-state index contributed by atoms with van der Waals surface area (Å²) in [6.45, 7) is 0. The third kappa shape index (κ3) is 1.52. The quantitative estimate of drug-likeness (QED) is 0.315. The summed E-state index contributed by atoms with van der Waals surface area (Å²) in [6, 6.07) is 0. The highest BCUT2D eigenvalue weighted by Gasteiger charge is 2.57. The standard InChI is InChI=1S/C6H5F4I/c7-5(8,6(9,10)11)4-2-1-3-4/h2H,1,3H2. The Kier molecular flexibility index (Phi) is 2.19. The zero-order valence-electron chi connectivity index (χ0n) is 5.38. The van der Waals surface area contributed by atoms with Crippen molar-refractivity contribution in [3.05, 3.63) is 11.6 Å². The highest BCUT2D eigenvalue weighted by Crippen LogP contribution is 2.48. The SMILES string of the molecule is FC(F)(I)C(F)(F)C1=CCC1. The summed E-state index contributed by atoms with van der Waals surface area (Å²) in [5.74, 6) is -3.95. The second-order valence-electron chi connectivity index (χ2n) is 2.34. The summed E-state index contributed by atoms with van der Waals surface area (Å²) in [5, 5.41) is 0. The van der Waals surface area contributed by atoms with Crippen LogP contribution in [0.25, 0.3) is 0 Å². The summed E-state index contributed by atoms with van der Waals surface area (Å²) in [6.07, 6.45) is 1.73. The van der Waals surface area contributed by atoms with Gasteiger partial charge in [0.1, 0.15) is 0 Å². The van der Waals surface area contributed by atoms with E-state index < -0.39 is 15.4 Å². The minimum absolute atomic E-state index is 0.0889. The molecule has 0 unspecified atom stereocenters. The van der Waals surface area contributed by atoms with Crippen LogP contribution in [0, 0.1) is 0 Å². The van der Waals surface area contributed by atoms with Crippen molar-refractivity contribution in [3.8, 4) is 0 Å². The van der Waals surface area contributed by atoms with E-state index in [1.54, 1.807) is 0 Å². The number of alkyl halides is 5. The van der Waals surface area contributed by atoms with Gasteiger partial charge < -0.3 is 0 Å². The first-order chi connectivity index (χ1) is 4.86. The molecule has 0 radical (unpaired) electrons. The molecular formula is C6H5F4I. The number of halogens is 5. The van der Waals surface area contributed by atoms with E-state index >= 15 is 0 Å². The fourth-order valence-electron chi connectivity index (χ4n) is 0.756. The number of hydrogen-bond acceptors (Lipinski definition) is 0. The van der Waals surface area contributed by atoms with Crippen molar-refractivity contribution >= 4 is 22.6 Å². The van der Waals surface area contributed by atoms with Gasteiger partial charge in [-0.25, -0.2) is 0 Å². The Balaban J connectivity index is 2.81. The minimum Gasteiger partial charge on any atom is -0.194 e. The molecule has 1 aliphatic rings. The lowest BCUT2D eigenvalue weighted by Crippen LogP contribution is -2.38. The van der Waals surface area contributed by atoms with E-state index in [4.69, 9.17) is 0 Å². The van der Waals surface area contributed by atoms with E-state index in [0.29, 0.717) is 29.0 Å². The number of allylic oxidation sites excluding steroid dienone is 2. The molecule has 0 aromatic carbocycles. The van der Waals surface area contributed by atoms with Crippen LogP contribution in [0.5, 0.6) is 0 Å². The van der Waals surface area contributed by atoms with Gasteiger partial charge in [0.25, 0.3) is 0 Å². The molecule has 0 saturated heterocycles. The summed E-state index contributed by atoms with van der Waals surface area (Å²) >= 11 is 0.468. The van der Waals surface area contributed by atoms with Crippen LogP contribution in [-0.4, -0.2) is 9.85 Å². The van der Waals surface area contributed by atoms with Crippen LogP contribution in [0.3, 0.4) is 0 Å². The van der Waals surface area contributed by atoms with E-state index in [1.807, 2.05) is 0 Å². The van der Waals surface area contributed by atoms with E-state index in [-0.39, 0.29) is 6.42 Å². The molecule has 1 rings (SSSR count). The lowest BCUT2D eigenvalue weighted by Gasteiger charge is -2.28. The Bertz CT molecular complexity index is 191. The third-order valence-corrected chi connectivity index (χ3v) is 2.24. The Morgan fingerprint density at radius 2 is 1.73 bits per heavy atom. The highest BCUT2D eigenvalue weighted by molar-refractivity contribution is 14.1. The molecule has 0 heterocycles. The molecule has 0 aliphatic heterocycles. The van der Waals surface area contributed by atoms with E-state index in [0.717, 1.165) is 6.08 Å². The van der Waals surface area contributed by atoms with Crippen LogP contribution < -0.4 is 0 Å². The Morgan fingerprint density at radius 1 is 1.27 bits per heavy atom. The van der Waals surface area contributed by atoms with Gasteiger partial charge in [-0.2, -0.15) is 17.6 Å². The lowest BCUT2D eigenvalue weighted by molar-refractivity contribution is -0.116. The van der Waals surface area contributed by atoms with Gasteiger partial charge >= 0.3 is 9.85 Å². The van der Waals surface area contributed by atoms with E-state index in [9.17, 15) is 17.6 Å². The molecule has 5 heteroatoms. The molecular weight excluding hydrogens is 275 g/mol. The van der Waals surface area contributed by atoms with Crippen molar-refractivity contribution in [3.63, 3.8) is 0 Å². The van der Waals surface area contributed by atoms with Crippen molar-refractivity contribution in [2.45, 2.75) is 22.7 Å². The van der Waals surface area contributed by atoms with Crippen LogP contribution in [0.1, 0.15) is 12.8 Å². The van der Waals surface area contributed by atoms with Crippen LogP contribution >= 0.6 is 22.6 Å². The Labute approximate surface area is 74.8 Å². The summed E-state index contributed by atoms with van der Waals surface area (Å²) in [7, 11) is 0. The maximum Gasteiger partial charge on any atom is 0.362 e. The van der Waals surface area contributed by atoms with Crippen LogP contribution in [0.2, 0.25) is 0 Å². The van der Waals surface area contributed by atoms with Gasteiger partial charge in [-0.1, -0.05) is 6.08 Å². The second-order valence-corrected chi connectivity index (χ2v) is 3.70. The average molecular weight is 280 g/mol. The van der Waals surface area contributed by atoms with E-state index in [1.165, 1.54) is 0 Å². The first-order valence-corrected chi connectivity index (χ1v) is 4.07. The van der Waals surface area contributed by atoms with Crippen molar-refractivity contribution in [1.29, 1.82) is 0 Å². The molecule has 0 amide bonds. The van der Waals surface area contributed by atoms with Gasteiger partial charge in [-0.15, -0.1) is 0 Å². The van der Waals surface area contributed by atoms with Crippen molar-refractivity contribution in [1.82, 2.24) is 0 Å². The molecule has 0 saturated carbocycles. The Hall–Kier alpha value is 0.190. The monoisotopic (exact) mass is 280 g/mol. The molecule has 0 fully saturated rings. The van der Waals surface area contributed by atoms with Gasteiger partial charge in [0.15, 0.2) is 0 Å². The molecule has 0 N–H and O–H groups in total. The summed E-state index contributed by atoms with van der Waals surface area (Å²) in [5.41, 5.74) is -0.433. The molecule has 0 nitrogen and oxygen atoms in total. The summed E-state index contributed by atoms with van der Waals surface area (Å²) in [4.78, 5) is 0. The smallest absolute Gasteiger partial charge is 0.194 e. The van der Waals surface area contributed by atoms with Gasteiger partial charge in [0.05, 0.1) is 0 Å². The summed E-state index contributed by atoms with van der Waals surface area (Å²) < 4.78 is 45.5. The largest absolute Gasteiger partial charge is 0.362 e. The first-order valence-electron chi connectivity index (χ1n) is 3.00. The van der Waals surface area contributed by atoms with Crippen molar-refractivity contribution in [2.75, 3.05) is 0 Å². The molecule has 64 valence electrons. The van der Waals surface area contributed by atoms with Gasteiger partial charge in [0, 0.05) is 28.2 Å². The molecule has 0 aromatic heterocycles. The van der Waals surface area contributed by atoms with E-state index in [2.05, 4.69) is 0 Å². The molecule has 0 bridgehead atoms. The number of hydrogen-bond donors (Lipinski definition) is 0. The topological polar surface area (TPSA) is 0 Å². The minimum atomic E-state index is -3.96. The molecule has 0 aromatic rings. The normalized spacial score (nSPS) is 19.2. The molecule has 0 spiro atoms. The predicted octanol–water partition coefficient (Wildman–Crippen LogP) is 3.37. The zero-order chi connectivity index (χ0) is 8.70. The van der Waals surface area contributed by atoms with Gasteiger partial charge in [0.2, 0.25) is 0 Å². The van der Waals surface area contributed by atoms with Gasteiger partial charge in [-0.3, -0.25) is 0 Å². The number of rotatable bonds is 2. The Morgan fingerprint density at radius 3 is 1.82 bits per heavy atom. The fraction of sp³-hybridized carbons (Fsp3) is 0.667. The van der Waals surface area contributed by atoms with Crippen molar-refractivity contribution < 1.29 is 17.6 Å². The predicted molar refractivity (Wildman–Crippen MR) is 41.2 cm³/mol. The molecule has 0 atom stereocenters. The fourth-order valence-corrected chi connectivity index (χ4v) is 1.10. The maximum atomic E-state index is 12.5. The van der Waals surface area contributed by atoms with Gasteiger partial charge in [-0.05, 0) is 12.8 Å². The third-order valence-electron chi connectivity index (χ3n) is 1.56. The average Bonchev–Trinajstić information content (AvgIpc) is 1.53. The molecule has 11 heavy (non-hydrogen) atoms. The maximum absolute atomic E-state index is 12.5. The van der Waals surface area contributed by atoms with Crippen LogP contribution in [-0.2, 0) is 0 Å². The van der Waals surface area contributed by atoms with Crippen LogP contribution in [0.15, 0.2) is 11.6 Å². The highest BCUT2D eigenvalue weighted by atomic mass is 127. The second kappa shape index (κ2) is 2.60. The van der Waals surface area contributed by atoms with Crippen molar-refractivity contribution in [2.24, 2.45) is 0 Å². The molecule has 1 aliphatic carbocycles. The van der Waals surface area contributed by atoms with Crippen LogP contribution in [0.4, 0.5) is 17.6 Å².